The van der Waals surface area contributed by atoms with Crippen molar-refractivity contribution in [2.24, 2.45) is 0 Å². The van der Waals surface area contributed by atoms with Gasteiger partial charge in [-0.05, 0) is 38.6 Å². The highest BCUT2D eigenvalue weighted by molar-refractivity contribution is 9.10. The standard InChI is InChI=1S/C13H19BrN2/c1-10(12-5-3-4-6-13(12)14)15-11-7-8-16(2)9-11/h3-6,10-11,15H,7-9H2,1-2H3/t10-,11?/m1/s1. The zero-order chi connectivity index (χ0) is 11.5. The molecule has 0 spiro atoms. The van der Waals surface area contributed by atoms with Gasteiger partial charge in [-0.2, -0.15) is 0 Å². The number of likely N-dealkylation sites (tertiary alicyclic amines) is 1. The second-order valence-electron chi connectivity index (χ2n) is 4.66. The summed E-state index contributed by atoms with van der Waals surface area (Å²) in [5.41, 5.74) is 1.34. The van der Waals surface area contributed by atoms with Crippen LogP contribution in [0, 0.1) is 0 Å². The zero-order valence-electron chi connectivity index (χ0n) is 9.91. The van der Waals surface area contributed by atoms with Crippen LogP contribution in [0.15, 0.2) is 28.7 Å². The van der Waals surface area contributed by atoms with Gasteiger partial charge in [0.05, 0.1) is 0 Å². The van der Waals surface area contributed by atoms with Crippen LogP contribution in [0.1, 0.15) is 24.9 Å². The fourth-order valence-corrected chi connectivity index (χ4v) is 2.97. The molecule has 0 amide bonds. The van der Waals surface area contributed by atoms with E-state index in [9.17, 15) is 0 Å². The zero-order valence-corrected chi connectivity index (χ0v) is 11.5. The molecule has 2 nitrogen and oxygen atoms in total. The Morgan fingerprint density at radius 1 is 1.44 bits per heavy atom. The summed E-state index contributed by atoms with van der Waals surface area (Å²) in [7, 11) is 2.19. The van der Waals surface area contributed by atoms with Crippen molar-refractivity contribution in [1.29, 1.82) is 0 Å². The maximum Gasteiger partial charge on any atom is 0.0306 e. The highest BCUT2D eigenvalue weighted by Crippen LogP contribution is 2.24. The Labute approximate surface area is 106 Å². The molecule has 1 aromatic carbocycles. The van der Waals surface area contributed by atoms with E-state index < -0.39 is 0 Å². The van der Waals surface area contributed by atoms with Crippen molar-refractivity contribution in [3.8, 4) is 0 Å². The topological polar surface area (TPSA) is 15.3 Å². The van der Waals surface area contributed by atoms with E-state index in [0.29, 0.717) is 12.1 Å². The maximum absolute atomic E-state index is 3.69. The molecule has 88 valence electrons. The van der Waals surface area contributed by atoms with Crippen molar-refractivity contribution in [2.75, 3.05) is 20.1 Å². The number of benzene rings is 1. The molecule has 1 aromatic rings. The Morgan fingerprint density at radius 2 is 2.19 bits per heavy atom. The van der Waals surface area contributed by atoms with E-state index in [1.807, 2.05) is 0 Å². The molecule has 0 saturated carbocycles. The molecule has 1 unspecified atom stereocenters. The minimum Gasteiger partial charge on any atom is -0.306 e. The van der Waals surface area contributed by atoms with E-state index in [1.54, 1.807) is 0 Å². The molecule has 0 aromatic heterocycles. The molecule has 2 atom stereocenters. The maximum atomic E-state index is 3.69. The van der Waals surface area contributed by atoms with E-state index >= 15 is 0 Å². The van der Waals surface area contributed by atoms with Crippen molar-refractivity contribution in [3.63, 3.8) is 0 Å². The Morgan fingerprint density at radius 3 is 2.81 bits per heavy atom. The number of hydrogen-bond donors (Lipinski definition) is 1. The molecule has 1 saturated heterocycles. The Hall–Kier alpha value is -0.380. The van der Waals surface area contributed by atoms with Crippen LogP contribution in [0.25, 0.3) is 0 Å². The van der Waals surface area contributed by atoms with Gasteiger partial charge in [-0.25, -0.2) is 0 Å². The van der Waals surface area contributed by atoms with Gasteiger partial charge in [0.1, 0.15) is 0 Å². The van der Waals surface area contributed by atoms with Crippen molar-refractivity contribution < 1.29 is 0 Å². The second kappa shape index (κ2) is 5.30. The largest absolute Gasteiger partial charge is 0.306 e. The first kappa shape index (κ1) is 12.1. The summed E-state index contributed by atoms with van der Waals surface area (Å²) in [4.78, 5) is 2.38. The smallest absolute Gasteiger partial charge is 0.0306 e. The molecule has 1 aliphatic heterocycles. The Bertz CT molecular complexity index is 354. The summed E-state index contributed by atoms with van der Waals surface area (Å²) in [5.74, 6) is 0. The molecular formula is C13H19BrN2. The number of halogens is 1. The lowest BCUT2D eigenvalue weighted by atomic mass is 10.1. The van der Waals surface area contributed by atoms with Crippen LogP contribution in [0.2, 0.25) is 0 Å². The molecule has 16 heavy (non-hydrogen) atoms. The monoisotopic (exact) mass is 282 g/mol. The van der Waals surface area contributed by atoms with E-state index in [4.69, 9.17) is 0 Å². The summed E-state index contributed by atoms with van der Waals surface area (Å²) in [6.07, 6.45) is 1.26. The molecular weight excluding hydrogens is 264 g/mol. The highest BCUT2D eigenvalue weighted by atomic mass is 79.9. The van der Waals surface area contributed by atoms with Gasteiger partial charge in [-0.15, -0.1) is 0 Å². The molecule has 3 heteroatoms. The normalized spacial score (nSPS) is 23.6. The van der Waals surface area contributed by atoms with Crippen LogP contribution in [-0.4, -0.2) is 31.1 Å². The average molecular weight is 283 g/mol. The number of rotatable bonds is 3. The van der Waals surface area contributed by atoms with Crippen LogP contribution in [0.3, 0.4) is 0 Å². The molecule has 2 rings (SSSR count). The van der Waals surface area contributed by atoms with Crippen LogP contribution in [0.5, 0.6) is 0 Å². The summed E-state index contributed by atoms with van der Waals surface area (Å²) >= 11 is 3.61. The lowest BCUT2D eigenvalue weighted by Gasteiger charge is -2.20. The van der Waals surface area contributed by atoms with Crippen LogP contribution in [0.4, 0.5) is 0 Å². The molecule has 1 aliphatic rings. The summed E-state index contributed by atoms with van der Waals surface area (Å²) in [5, 5.41) is 3.69. The molecule has 1 N–H and O–H groups in total. The molecule has 1 heterocycles. The second-order valence-corrected chi connectivity index (χ2v) is 5.51. The fraction of sp³-hybridized carbons (Fsp3) is 0.538. The third-order valence-corrected chi connectivity index (χ3v) is 3.97. The van der Waals surface area contributed by atoms with Gasteiger partial charge in [0, 0.05) is 23.1 Å². The molecule has 0 bridgehead atoms. The van der Waals surface area contributed by atoms with Gasteiger partial charge >= 0.3 is 0 Å². The number of hydrogen-bond acceptors (Lipinski definition) is 2. The lowest BCUT2D eigenvalue weighted by molar-refractivity contribution is 0.387. The van der Waals surface area contributed by atoms with Crippen LogP contribution >= 0.6 is 15.9 Å². The van der Waals surface area contributed by atoms with Crippen LogP contribution in [-0.2, 0) is 0 Å². The lowest BCUT2D eigenvalue weighted by Crippen LogP contribution is -2.33. The van der Waals surface area contributed by atoms with Crippen molar-refractivity contribution in [2.45, 2.75) is 25.4 Å². The summed E-state index contributed by atoms with van der Waals surface area (Å²) < 4.78 is 1.20. The predicted molar refractivity (Wildman–Crippen MR) is 71.6 cm³/mol. The SMILES string of the molecule is C[C@@H](NC1CCN(C)C1)c1ccccc1Br. The third kappa shape index (κ3) is 2.84. The Kier molecular flexibility index (Phi) is 4.00. The van der Waals surface area contributed by atoms with Gasteiger partial charge in [0.2, 0.25) is 0 Å². The van der Waals surface area contributed by atoms with Gasteiger partial charge in [0.15, 0.2) is 0 Å². The quantitative estimate of drug-likeness (QED) is 0.917. The van der Waals surface area contributed by atoms with Gasteiger partial charge in [0.25, 0.3) is 0 Å². The number of nitrogens with one attached hydrogen (secondary N) is 1. The number of likely N-dealkylation sites (N-methyl/N-ethyl adjacent to an activating group) is 1. The fourth-order valence-electron chi connectivity index (χ4n) is 2.34. The van der Waals surface area contributed by atoms with E-state index in [0.717, 1.165) is 6.54 Å². The first-order valence-corrected chi connectivity index (χ1v) is 6.65. The molecule has 0 aliphatic carbocycles. The predicted octanol–water partition coefficient (Wildman–Crippen LogP) is 2.80. The van der Waals surface area contributed by atoms with Gasteiger partial charge < -0.3 is 10.2 Å². The van der Waals surface area contributed by atoms with E-state index in [1.165, 1.54) is 23.0 Å². The molecule has 0 radical (unpaired) electrons. The number of nitrogens with zero attached hydrogens (tertiary/aromatic N) is 1. The first-order valence-electron chi connectivity index (χ1n) is 5.86. The summed E-state index contributed by atoms with van der Waals surface area (Å²) in [6.45, 7) is 4.60. The van der Waals surface area contributed by atoms with Crippen molar-refractivity contribution in [1.82, 2.24) is 10.2 Å². The van der Waals surface area contributed by atoms with Crippen molar-refractivity contribution >= 4 is 15.9 Å². The highest BCUT2D eigenvalue weighted by Gasteiger charge is 2.21. The van der Waals surface area contributed by atoms with Gasteiger partial charge in [-0.3, -0.25) is 0 Å². The first-order chi connectivity index (χ1) is 7.66. The minimum atomic E-state index is 0.409. The van der Waals surface area contributed by atoms with E-state index in [-0.39, 0.29) is 0 Å². The van der Waals surface area contributed by atoms with Gasteiger partial charge in [-0.1, -0.05) is 34.1 Å². The van der Waals surface area contributed by atoms with E-state index in [2.05, 4.69) is 64.4 Å². The minimum absolute atomic E-state index is 0.409. The summed E-state index contributed by atoms with van der Waals surface area (Å²) in [6, 6.07) is 9.48. The molecule has 1 fully saturated rings. The Balaban J connectivity index is 1.98. The van der Waals surface area contributed by atoms with Crippen LogP contribution < -0.4 is 5.32 Å². The van der Waals surface area contributed by atoms with Crippen molar-refractivity contribution in [3.05, 3.63) is 34.3 Å². The average Bonchev–Trinajstić information content (AvgIpc) is 2.64. The third-order valence-electron chi connectivity index (χ3n) is 3.25.